The molecule has 0 aliphatic rings. The summed E-state index contributed by atoms with van der Waals surface area (Å²) in [5.41, 5.74) is 0.299. The van der Waals surface area contributed by atoms with E-state index in [4.69, 9.17) is 5.11 Å². The lowest BCUT2D eigenvalue weighted by Crippen LogP contribution is -2.29. The molecule has 0 aromatic carbocycles. The van der Waals surface area contributed by atoms with Gasteiger partial charge in [0.15, 0.2) is 0 Å². The number of likely N-dealkylation sites (N-methyl/N-ethyl adjacent to an activating group) is 2. The van der Waals surface area contributed by atoms with Crippen molar-refractivity contribution >= 4 is 30.2 Å². The summed E-state index contributed by atoms with van der Waals surface area (Å²) in [6.07, 6.45) is 1.44. The van der Waals surface area contributed by atoms with Crippen LogP contribution in [0.2, 0.25) is 0 Å². The molecule has 5 N–H and O–H groups in total. The third-order valence-electron chi connectivity index (χ3n) is 2.71. The van der Waals surface area contributed by atoms with Gasteiger partial charge < -0.3 is 26.4 Å². The molecule has 0 rings (SSSR count). The zero-order valence-electron chi connectivity index (χ0n) is 17.4. The molecule has 0 heterocycles. The number of carbonyl (C=O) groups is 3. The van der Waals surface area contributed by atoms with Crippen molar-refractivity contribution in [3.05, 3.63) is 12.2 Å². The molecule has 0 fully saturated rings. The van der Waals surface area contributed by atoms with Crippen molar-refractivity contribution in [2.24, 2.45) is 0 Å². The molecule has 27 heavy (non-hydrogen) atoms. The van der Waals surface area contributed by atoms with Crippen LogP contribution in [0.4, 0.5) is 0 Å². The molecule has 0 saturated heterocycles. The number of amides is 2. The molecular formula is C18H39ClN4O4. The van der Waals surface area contributed by atoms with Gasteiger partial charge in [0, 0.05) is 45.6 Å². The summed E-state index contributed by atoms with van der Waals surface area (Å²) >= 11 is 0. The first-order valence-corrected chi connectivity index (χ1v) is 9.04. The maximum atomic E-state index is 10.3. The minimum Gasteiger partial charge on any atom is -0.478 e. The third kappa shape index (κ3) is 40.4. The Morgan fingerprint density at radius 3 is 1.37 bits per heavy atom. The summed E-state index contributed by atoms with van der Waals surface area (Å²) in [4.78, 5) is 30.5. The van der Waals surface area contributed by atoms with Gasteiger partial charge in [-0.15, -0.1) is 12.4 Å². The van der Waals surface area contributed by atoms with E-state index < -0.39 is 5.97 Å². The lowest BCUT2D eigenvalue weighted by atomic mass is 10.2. The van der Waals surface area contributed by atoms with E-state index in [2.05, 4.69) is 27.8 Å². The van der Waals surface area contributed by atoms with E-state index >= 15 is 0 Å². The van der Waals surface area contributed by atoms with Crippen LogP contribution in [0.15, 0.2) is 12.2 Å². The van der Waals surface area contributed by atoms with Gasteiger partial charge >= 0.3 is 5.97 Å². The average molecular weight is 411 g/mol. The first kappa shape index (κ1) is 33.0. The molecule has 0 saturated carbocycles. The maximum absolute atomic E-state index is 10.3. The van der Waals surface area contributed by atoms with Crippen molar-refractivity contribution in [1.82, 2.24) is 21.3 Å². The van der Waals surface area contributed by atoms with Crippen LogP contribution in [0.3, 0.4) is 0 Å². The number of nitrogens with one attached hydrogen (secondary N) is 4. The largest absolute Gasteiger partial charge is 0.478 e. The standard InChI is InChI=1S/2C6H14N2O.C6H10O2.ClH/c2*1-3-7-4-5-8-6(2)9;1-3-4-5(2)6(7)8;/h2*7H,3-5H2,1-2H3,(H,8,9);2-4H2,1H3,(H,7,8);1H. The number of hydrogen-bond acceptors (Lipinski definition) is 5. The molecular weight excluding hydrogens is 372 g/mol. The van der Waals surface area contributed by atoms with Gasteiger partial charge in [-0.05, 0) is 19.5 Å². The molecule has 0 radical (unpaired) electrons. The molecule has 0 aromatic rings. The second-order valence-electron chi connectivity index (χ2n) is 5.33. The molecule has 0 unspecified atom stereocenters. The summed E-state index contributed by atoms with van der Waals surface area (Å²) in [6, 6.07) is 0. The highest BCUT2D eigenvalue weighted by molar-refractivity contribution is 5.85. The predicted octanol–water partition coefficient (Wildman–Crippen LogP) is 1.31. The van der Waals surface area contributed by atoms with Crippen molar-refractivity contribution in [2.45, 2.75) is 47.5 Å². The van der Waals surface area contributed by atoms with Gasteiger partial charge in [-0.1, -0.05) is 33.8 Å². The topological polar surface area (TPSA) is 120 Å². The van der Waals surface area contributed by atoms with Crippen LogP contribution in [0.5, 0.6) is 0 Å². The van der Waals surface area contributed by atoms with E-state index in [-0.39, 0.29) is 24.2 Å². The smallest absolute Gasteiger partial charge is 0.330 e. The summed E-state index contributed by atoms with van der Waals surface area (Å²) in [5, 5.41) is 19.7. The van der Waals surface area contributed by atoms with E-state index in [1.807, 2.05) is 20.8 Å². The highest BCUT2D eigenvalue weighted by Gasteiger charge is 1.99. The van der Waals surface area contributed by atoms with Crippen LogP contribution in [-0.4, -0.2) is 62.2 Å². The Hall–Kier alpha value is -1.64. The van der Waals surface area contributed by atoms with E-state index in [1.165, 1.54) is 13.8 Å². The first-order valence-electron chi connectivity index (χ1n) is 9.04. The Bertz CT molecular complexity index is 372. The van der Waals surface area contributed by atoms with Crippen LogP contribution in [0.25, 0.3) is 0 Å². The molecule has 2 amide bonds. The van der Waals surface area contributed by atoms with E-state index in [9.17, 15) is 14.4 Å². The number of rotatable bonds is 11. The summed E-state index contributed by atoms with van der Waals surface area (Å²) in [5.74, 6) is -0.812. The van der Waals surface area contributed by atoms with E-state index in [1.54, 1.807) is 0 Å². The third-order valence-corrected chi connectivity index (χ3v) is 2.71. The van der Waals surface area contributed by atoms with Crippen LogP contribution in [0, 0.1) is 0 Å². The van der Waals surface area contributed by atoms with E-state index in [0.717, 1.165) is 45.7 Å². The molecule has 0 spiro atoms. The van der Waals surface area contributed by atoms with Crippen LogP contribution >= 0.6 is 12.4 Å². The maximum Gasteiger partial charge on any atom is 0.330 e. The summed E-state index contributed by atoms with van der Waals surface area (Å²) in [6.45, 7) is 17.5. The molecule has 0 bridgehead atoms. The first-order chi connectivity index (χ1) is 12.2. The molecule has 0 atom stereocenters. The van der Waals surface area contributed by atoms with Crippen LogP contribution in [0.1, 0.15) is 47.5 Å². The molecule has 0 aliphatic heterocycles. The Morgan fingerprint density at radius 1 is 0.815 bits per heavy atom. The van der Waals surface area contributed by atoms with Crippen molar-refractivity contribution in [3.63, 3.8) is 0 Å². The lowest BCUT2D eigenvalue weighted by Gasteiger charge is -2.00. The lowest BCUT2D eigenvalue weighted by molar-refractivity contribution is -0.132. The normalized spacial score (nSPS) is 8.63. The highest BCUT2D eigenvalue weighted by atomic mass is 35.5. The fraction of sp³-hybridized carbons (Fsp3) is 0.722. The molecule has 162 valence electrons. The van der Waals surface area contributed by atoms with Crippen LogP contribution in [-0.2, 0) is 14.4 Å². The fourth-order valence-corrected chi connectivity index (χ4v) is 1.42. The van der Waals surface area contributed by atoms with Gasteiger partial charge in [-0.25, -0.2) is 4.79 Å². The van der Waals surface area contributed by atoms with Crippen molar-refractivity contribution < 1.29 is 19.5 Å². The number of carboxylic acids is 1. The molecule has 0 aliphatic carbocycles. The molecule has 9 heteroatoms. The second-order valence-corrected chi connectivity index (χ2v) is 5.33. The SMILES string of the molecule is C=C(CCC)C(=O)O.CCNCCNC(C)=O.CCNCCNC(C)=O.Cl. The average Bonchev–Trinajstić information content (AvgIpc) is 2.57. The van der Waals surface area contributed by atoms with Crippen molar-refractivity contribution in [3.8, 4) is 0 Å². The fourth-order valence-electron chi connectivity index (χ4n) is 1.42. The number of carbonyl (C=O) groups excluding carboxylic acids is 2. The Labute approximate surface area is 170 Å². The quantitative estimate of drug-likeness (QED) is 0.259. The monoisotopic (exact) mass is 410 g/mol. The Kier molecular flexibility index (Phi) is 32.5. The zero-order valence-corrected chi connectivity index (χ0v) is 18.3. The summed E-state index contributed by atoms with van der Waals surface area (Å²) in [7, 11) is 0. The predicted molar refractivity (Wildman–Crippen MR) is 113 cm³/mol. The highest BCUT2D eigenvalue weighted by Crippen LogP contribution is 1.99. The van der Waals surface area contributed by atoms with Crippen molar-refractivity contribution in [2.75, 3.05) is 39.3 Å². The molecule has 8 nitrogen and oxygen atoms in total. The minimum absolute atomic E-state index is 0. The minimum atomic E-state index is -0.883. The summed E-state index contributed by atoms with van der Waals surface area (Å²) < 4.78 is 0. The molecule has 0 aromatic heterocycles. The van der Waals surface area contributed by atoms with Gasteiger partial charge in [0.2, 0.25) is 11.8 Å². The van der Waals surface area contributed by atoms with Gasteiger partial charge in [-0.2, -0.15) is 0 Å². The number of halogens is 1. The number of hydrogen-bond donors (Lipinski definition) is 5. The van der Waals surface area contributed by atoms with Crippen LogP contribution < -0.4 is 21.3 Å². The van der Waals surface area contributed by atoms with Gasteiger partial charge in [0.1, 0.15) is 0 Å². The van der Waals surface area contributed by atoms with Gasteiger partial charge in [0.25, 0.3) is 0 Å². The number of aliphatic carboxylic acids is 1. The van der Waals surface area contributed by atoms with Gasteiger partial charge in [0.05, 0.1) is 0 Å². The van der Waals surface area contributed by atoms with Crippen molar-refractivity contribution in [1.29, 1.82) is 0 Å². The van der Waals surface area contributed by atoms with E-state index in [0.29, 0.717) is 12.0 Å². The zero-order chi connectivity index (χ0) is 20.8. The number of carboxylic acid groups (broad SMARTS) is 1. The Balaban J connectivity index is -0.000000145. The Morgan fingerprint density at radius 2 is 1.19 bits per heavy atom. The van der Waals surface area contributed by atoms with Gasteiger partial charge in [-0.3, -0.25) is 9.59 Å². The second kappa shape index (κ2) is 26.6.